The number of thiol groups is 1. The fourth-order valence-electron chi connectivity index (χ4n) is 2.62. The minimum absolute atomic E-state index is 0.237. The molecule has 92 valence electrons. The highest BCUT2D eigenvalue weighted by Crippen LogP contribution is 2.41. The Morgan fingerprint density at radius 2 is 1.94 bits per heavy atom. The lowest BCUT2D eigenvalue weighted by Gasteiger charge is -2.37. The van der Waals surface area contributed by atoms with Gasteiger partial charge in [-0.05, 0) is 42.9 Å². The SMILES string of the molecule is CCC(CC)C1=CC(C)(CS)C(C)C=C1C. The van der Waals surface area contributed by atoms with Gasteiger partial charge in [-0.1, -0.05) is 45.4 Å². The van der Waals surface area contributed by atoms with E-state index in [0.717, 1.165) is 11.7 Å². The number of allylic oxidation sites excluding steroid dienone is 4. The van der Waals surface area contributed by atoms with Crippen LogP contribution < -0.4 is 0 Å². The molecule has 1 aliphatic carbocycles. The number of hydrogen-bond donors (Lipinski definition) is 1. The Bertz CT molecular complexity index is 297. The van der Waals surface area contributed by atoms with E-state index in [2.05, 4.69) is 59.4 Å². The van der Waals surface area contributed by atoms with Crippen molar-refractivity contribution in [3.63, 3.8) is 0 Å². The van der Waals surface area contributed by atoms with E-state index in [1.54, 1.807) is 5.57 Å². The summed E-state index contributed by atoms with van der Waals surface area (Å²) in [5.74, 6) is 2.26. The summed E-state index contributed by atoms with van der Waals surface area (Å²) in [5, 5.41) is 0. The van der Waals surface area contributed by atoms with Gasteiger partial charge in [-0.3, -0.25) is 0 Å². The molecule has 0 aromatic carbocycles. The van der Waals surface area contributed by atoms with Gasteiger partial charge >= 0.3 is 0 Å². The largest absolute Gasteiger partial charge is 0.178 e. The summed E-state index contributed by atoms with van der Waals surface area (Å²) in [6, 6.07) is 0. The Kier molecular flexibility index (Phi) is 4.73. The van der Waals surface area contributed by atoms with Crippen molar-refractivity contribution >= 4 is 12.6 Å². The topological polar surface area (TPSA) is 0 Å². The number of rotatable bonds is 4. The van der Waals surface area contributed by atoms with E-state index < -0.39 is 0 Å². The normalized spacial score (nSPS) is 30.3. The van der Waals surface area contributed by atoms with Crippen molar-refractivity contribution in [1.82, 2.24) is 0 Å². The zero-order chi connectivity index (χ0) is 12.3. The maximum atomic E-state index is 4.53. The van der Waals surface area contributed by atoms with Crippen molar-refractivity contribution in [2.45, 2.75) is 47.5 Å². The molecule has 0 radical (unpaired) electrons. The number of hydrogen-bond acceptors (Lipinski definition) is 1. The molecule has 0 bridgehead atoms. The molecule has 1 rings (SSSR count). The van der Waals surface area contributed by atoms with Crippen molar-refractivity contribution in [3.8, 4) is 0 Å². The van der Waals surface area contributed by atoms with Crippen LogP contribution in [0.1, 0.15) is 47.5 Å². The van der Waals surface area contributed by atoms with E-state index >= 15 is 0 Å². The quantitative estimate of drug-likeness (QED) is 0.663. The van der Waals surface area contributed by atoms with Crippen molar-refractivity contribution in [2.24, 2.45) is 17.3 Å². The van der Waals surface area contributed by atoms with Gasteiger partial charge in [0, 0.05) is 5.41 Å². The second kappa shape index (κ2) is 5.44. The molecular weight excluding hydrogens is 212 g/mol. The first-order chi connectivity index (χ1) is 7.48. The summed E-state index contributed by atoms with van der Waals surface area (Å²) in [7, 11) is 0. The Morgan fingerprint density at radius 3 is 2.38 bits per heavy atom. The van der Waals surface area contributed by atoms with E-state index in [1.165, 1.54) is 18.4 Å². The first kappa shape index (κ1) is 13.9. The monoisotopic (exact) mass is 238 g/mol. The van der Waals surface area contributed by atoms with Crippen LogP contribution in [-0.4, -0.2) is 5.75 Å². The van der Waals surface area contributed by atoms with E-state index in [1.807, 2.05) is 0 Å². The maximum absolute atomic E-state index is 4.53. The van der Waals surface area contributed by atoms with Crippen molar-refractivity contribution in [3.05, 3.63) is 23.3 Å². The molecule has 0 heterocycles. The molecule has 0 saturated carbocycles. The average molecular weight is 238 g/mol. The lowest BCUT2D eigenvalue weighted by Crippen LogP contribution is -2.28. The van der Waals surface area contributed by atoms with Crippen molar-refractivity contribution in [2.75, 3.05) is 5.75 Å². The molecule has 0 saturated heterocycles. The Balaban J connectivity index is 3.07. The van der Waals surface area contributed by atoms with Crippen LogP contribution in [0, 0.1) is 17.3 Å². The van der Waals surface area contributed by atoms with Gasteiger partial charge in [0.1, 0.15) is 0 Å². The second-order valence-electron chi connectivity index (χ2n) is 5.42. The lowest BCUT2D eigenvalue weighted by molar-refractivity contribution is 0.361. The van der Waals surface area contributed by atoms with Crippen molar-refractivity contribution < 1.29 is 0 Å². The van der Waals surface area contributed by atoms with Crippen LogP contribution in [-0.2, 0) is 0 Å². The molecule has 0 aromatic heterocycles. The fourth-order valence-corrected chi connectivity index (χ4v) is 3.00. The van der Waals surface area contributed by atoms with E-state index in [9.17, 15) is 0 Å². The zero-order valence-corrected chi connectivity index (χ0v) is 12.3. The minimum Gasteiger partial charge on any atom is -0.178 e. The predicted octanol–water partition coefficient (Wildman–Crippen LogP) is 4.88. The molecule has 16 heavy (non-hydrogen) atoms. The Morgan fingerprint density at radius 1 is 1.38 bits per heavy atom. The third-order valence-corrected chi connectivity index (χ3v) is 4.93. The summed E-state index contributed by atoms with van der Waals surface area (Å²) in [5.41, 5.74) is 3.29. The van der Waals surface area contributed by atoms with Gasteiger partial charge in [0.2, 0.25) is 0 Å². The molecule has 0 amide bonds. The van der Waals surface area contributed by atoms with Crippen LogP contribution in [0.5, 0.6) is 0 Å². The van der Waals surface area contributed by atoms with E-state index in [0.29, 0.717) is 5.92 Å². The van der Waals surface area contributed by atoms with Crippen LogP contribution >= 0.6 is 12.6 Å². The smallest absolute Gasteiger partial charge is 0.000781 e. The minimum atomic E-state index is 0.237. The Labute approximate surface area is 107 Å². The van der Waals surface area contributed by atoms with Gasteiger partial charge in [-0.2, -0.15) is 12.6 Å². The molecule has 0 aromatic rings. The van der Waals surface area contributed by atoms with Crippen LogP contribution in [0.4, 0.5) is 0 Å². The zero-order valence-electron chi connectivity index (χ0n) is 11.4. The van der Waals surface area contributed by atoms with Gasteiger partial charge in [0.05, 0.1) is 0 Å². The molecule has 2 unspecified atom stereocenters. The van der Waals surface area contributed by atoms with Crippen LogP contribution in [0.25, 0.3) is 0 Å². The molecule has 0 fully saturated rings. The van der Waals surface area contributed by atoms with Crippen LogP contribution in [0.15, 0.2) is 23.3 Å². The molecule has 0 spiro atoms. The summed E-state index contributed by atoms with van der Waals surface area (Å²) >= 11 is 4.53. The van der Waals surface area contributed by atoms with E-state index in [-0.39, 0.29) is 5.41 Å². The summed E-state index contributed by atoms with van der Waals surface area (Å²) in [4.78, 5) is 0. The standard InChI is InChI=1S/C15H26S/c1-6-13(7-2)14-9-15(5,10-16)12(4)8-11(14)3/h8-9,12-13,16H,6-7,10H2,1-5H3. The molecule has 1 aliphatic rings. The molecule has 1 heteroatoms. The highest BCUT2D eigenvalue weighted by atomic mass is 32.1. The van der Waals surface area contributed by atoms with Crippen molar-refractivity contribution in [1.29, 1.82) is 0 Å². The molecule has 0 N–H and O–H groups in total. The maximum Gasteiger partial charge on any atom is 0.000781 e. The molecule has 0 aliphatic heterocycles. The van der Waals surface area contributed by atoms with Gasteiger partial charge in [-0.15, -0.1) is 0 Å². The molecule has 2 atom stereocenters. The predicted molar refractivity (Wildman–Crippen MR) is 77.0 cm³/mol. The third kappa shape index (κ3) is 2.56. The third-order valence-electron chi connectivity index (χ3n) is 4.25. The average Bonchev–Trinajstić information content (AvgIpc) is 2.27. The summed E-state index contributed by atoms with van der Waals surface area (Å²) in [6.45, 7) is 11.5. The first-order valence-corrected chi connectivity index (χ1v) is 7.14. The second-order valence-corrected chi connectivity index (χ2v) is 5.73. The molecular formula is C15H26S. The Hall–Kier alpha value is -0.170. The highest BCUT2D eigenvalue weighted by molar-refractivity contribution is 7.80. The highest BCUT2D eigenvalue weighted by Gasteiger charge is 2.31. The van der Waals surface area contributed by atoms with Gasteiger partial charge < -0.3 is 0 Å². The van der Waals surface area contributed by atoms with Crippen LogP contribution in [0.3, 0.4) is 0 Å². The van der Waals surface area contributed by atoms with Crippen LogP contribution in [0.2, 0.25) is 0 Å². The summed E-state index contributed by atoms with van der Waals surface area (Å²) < 4.78 is 0. The van der Waals surface area contributed by atoms with Gasteiger partial charge in [0.25, 0.3) is 0 Å². The fraction of sp³-hybridized carbons (Fsp3) is 0.733. The van der Waals surface area contributed by atoms with Gasteiger partial charge in [-0.25, -0.2) is 0 Å². The lowest BCUT2D eigenvalue weighted by atomic mass is 9.70. The summed E-state index contributed by atoms with van der Waals surface area (Å²) in [6.07, 6.45) is 7.41. The first-order valence-electron chi connectivity index (χ1n) is 6.50. The van der Waals surface area contributed by atoms with Gasteiger partial charge in [0.15, 0.2) is 0 Å². The van der Waals surface area contributed by atoms with E-state index in [4.69, 9.17) is 0 Å². The molecule has 0 nitrogen and oxygen atoms in total.